The zero-order chi connectivity index (χ0) is 11.4. The minimum absolute atomic E-state index is 0.0816. The van der Waals surface area contributed by atoms with Gasteiger partial charge in [-0.25, -0.2) is 9.37 Å². The number of nitrogens with zero attached hydrogens (tertiary/aromatic N) is 2. The smallest absolute Gasteiger partial charge is 0.272 e. The summed E-state index contributed by atoms with van der Waals surface area (Å²) in [6, 6.07) is 2.72. The average molecular weight is 222 g/mol. The van der Waals surface area contributed by atoms with E-state index in [0.29, 0.717) is 5.69 Å². The second-order valence-electron chi connectivity index (χ2n) is 4.07. The summed E-state index contributed by atoms with van der Waals surface area (Å²) in [6.07, 6.45) is 5.55. The lowest BCUT2D eigenvalue weighted by molar-refractivity contribution is 0.0755. The Morgan fingerprint density at radius 3 is 2.44 bits per heavy atom. The third-order valence-corrected chi connectivity index (χ3v) is 2.84. The topological polar surface area (TPSA) is 33.2 Å². The highest BCUT2D eigenvalue weighted by Gasteiger charge is 2.17. The molecule has 3 nitrogen and oxygen atoms in total. The van der Waals surface area contributed by atoms with E-state index in [2.05, 4.69) is 4.98 Å². The first-order chi connectivity index (χ1) is 7.77. The molecule has 0 bridgehead atoms. The van der Waals surface area contributed by atoms with Crippen molar-refractivity contribution in [3.8, 4) is 0 Å². The molecule has 0 radical (unpaired) electrons. The summed E-state index contributed by atoms with van der Waals surface area (Å²) in [6.45, 7) is 1.58. The van der Waals surface area contributed by atoms with Gasteiger partial charge in [-0.2, -0.15) is 0 Å². The highest BCUT2D eigenvalue weighted by molar-refractivity contribution is 5.92. The van der Waals surface area contributed by atoms with E-state index in [9.17, 15) is 9.18 Å². The Bertz CT molecular complexity index is 356. The lowest BCUT2D eigenvalue weighted by atomic mass is 10.2. The molecule has 0 spiro atoms. The molecule has 0 aromatic carbocycles. The Kier molecular flexibility index (Phi) is 3.49. The molecule has 0 N–H and O–H groups in total. The number of carbonyl (C=O) groups excluding carboxylic acids is 1. The maximum Gasteiger partial charge on any atom is 0.272 e. The van der Waals surface area contributed by atoms with Gasteiger partial charge in [0.1, 0.15) is 11.5 Å². The lowest BCUT2D eigenvalue weighted by Crippen LogP contribution is -2.32. The van der Waals surface area contributed by atoms with Crippen molar-refractivity contribution in [1.82, 2.24) is 9.88 Å². The second-order valence-corrected chi connectivity index (χ2v) is 4.07. The Balaban J connectivity index is 2.08. The van der Waals surface area contributed by atoms with Gasteiger partial charge >= 0.3 is 0 Å². The van der Waals surface area contributed by atoms with E-state index in [4.69, 9.17) is 0 Å². The molecule has 1 saturated heterocycles. The van der Waals surface area contributed by atoms with Gasteiger partial charge in [-0.05, 0) is 25.0 Å². The number of halogens is 1. The molecule has 1 aliphatic rings. The van der Waals surface area contributed by atoms with Crippen molar-refractivity contribution in [2.24, 2.45) is 0 Å². The van der Waals surface area contributed by atoms with Crippen LogP contribution in [0.5, 0.6) is 0 Å². The molecule has 0 saturated carbocycles. The standard InChI is InChI=1S/C12H15FN2O/c13-10-5-6-11(14-9-10)12(16)15-7-3-1-2-4-8-15/h5-6,9H,1-4,7-8H2. The molecule has 4 heteroatoms. The number of amides is 1. The molecule has 2 heterocycles. The van der Waals surface area contributed by atoms with E-state index in [-0.39, 0.29) is 5.91 Å². The fourth-order valence-electron chi connectivity index (χ4n) is 1.94. The number of pyridine rings is 1. The molecule has 1 aromatic heterocycles. The average Bonchev–Trinajstić information content (AvgIpc) is 2.57. The van der Waals surface area contributed by atoms with Crippen molar-refractivity contribution in [3.63, 3.8) is 0 Å². The molecule has 1 aromatic rings. The fraction of sp³-hybridized carbons (Fsp3) is 0.500. The fourth-order valence-corrected chi connectivity index (χ4v) is 1.94. The van der Waals surface area contributed by atoms with Gasteiger partial charge in [-0.15, -0.1) is 0 Å². The van der Waals surface area contributed by atoms with Gasteiger partial charge in [0.25, 0.3) is 5.91 Å². The molecule has 1 fully saturated rings. The molecule has 0 unspecified atom stereocenters. The van der Waals surface area contributed by atoms with Crippen LogP contribution in [0.15, 0.2) is 18.3 Å². The van der Waals surface area contributed by atoms with Gasteiger partial charge in [-0.1, -0.05) is 12.8 Å². The summed E-state index contributed by atoms with van der Waals surface area (Å²) >= 11 is 0. The van der Waals surface area contributed by atoms with Crippen LogP contribution in [0, 0.1) is 5.82 Å². The van der Waals surface area contributed by atoms with Crippen LogP contribution in [0.25, 0.3) is 0 Å². The molecule has 86 valence electrons. The van der Waals surface area contributed by atoms with Crippen LogP contribution in [0.4, 0.5) is 4.39 Å². The van der Waals surface area contributed by atoms with Crippen molar-refractivity contribution in [2.75, 3.05) is 13.1 Å². The van der Waals surface area contributed by atoms with Crippen LogP contribution < -0.4 is 0 Å². The number of likely N-dealkylation sites (tertiary alicyclic amines) is 1. The third kappa shape index (κ3) is 2.56. The minimum atomic E-state index is -0.410. The highest BCUT2D eigenvalue weighted by atomic mass is 19.1. The van der Waals surface area contributed by atoms with E-state index in [0.717, 1.165) is 32.1 Å². The highest BCUT2D eigenvalue weighted by Crippen LogP contribution is 2.12. The minimum Gasteiger partial charge on any atom is -0.337 e. The number of carbonyl (C=O) groups is 1. The predicted octanol–water partition coefficient (Wildman–Crippen LogP) is 2.24. The predicted molar refractivity (Wildman–Crippen MR) is 58.6 cm³/mol. The van der Waals surface area contributed by atoms with Gasteiger partial charge in [0.2, 0.25) is 0 Å². The van der Waals surface area contributed by atoms with Gasteiger partial charge < -0.3 is 4.90 Å². The molecule has 0 aliphatic carbocycles. The Morgan fingerprint density at radius 1 is 1.19 bits per heavy atom. The third-order valence-electron chi connectivity index (χ3n) is 2.84. The molecule has 1 amide bonds. The number of hydrogen-bond donors (Lipinski definition) is 0. The zero-order valence-corrected chi connectivity index (χ0v) is 9.16. The molecule has 1 aliphatic heterocycles. The van der Waals surface area contributed by atoms with Crippen LogP contribution in [0.3, 0.4) is 0 Å². The number of hydrogen-bond acceptors (Lipinski definition) is 2. The second kappa shape index (κ2) is 5.05. The summed E-state index contributed by atoms with van der Waals surface area (Å²) in [5.41, 5.74) is 0.336. The van der Waals surface area contributed by atoms with Crippen molar-refractivity contribution in [3.05, 3.63) is 29.8 Å². The van der Waals surface area contributed by atoms with Gasteiger partial charge in [0, 0.05) is 13.1 Å². The summed E-state index contributed by atoms with van der Waals surface area (Å²) in [5.74, 6) is -0.491. The SMILES string of the molecule is O=C(c1ccc(F)cn1)N1CCCCCC1. The summed E-state index contributed by atoms with van der Waals surface area (Å²) in [5, 5.41) is 0. The van der Waals surface area contributed by atoms with E-state index < -0.39 is 5.82 Å². The van der Waals surface area contributed by atoms with Gasteiger partial charge in [0.05, 0.1) is 6.20 Å². The maximum atomic E-state index is 12.7. The monoisotopic (exact) mass is 222 g/mol. The Morgan fingerprint density at radius 2 is 1.88 bits per heavy atom. The van der Waals surface area contributed by atoms with Crippen molar-refractivity contribution >= 4 is 5.91 Å². The maximum absolute atomic E-state index is 12.7. The Labute approximate surface area is 94.3 Å². The molecular weight excluding hydrogens is 207 g/mol. The molecule has 2 rings (SSSR count). The largest absolute Gasteiger partial charge is 0.337 e. The summed E-state index contributed by atoms with van der Waals surface area (Å²) < 4.78 is 12.7. The first-order valence-electron chi connectivity index (χ1n) is 5.68. The molecule has 16 heavy (non-hydrogen) atoms. The van der Waals surface area contributed by atoms with Crippen molar-refractivity contribution in [1.29, 1.82) is 0 Å². The first-order valence-corrected chi connectivity index (χ1v) is 5.68. The van der Waals surface area contributed by atoms with E-state index in [1.54, 1.807) is 0 Å². The van der Waals surface area contributed by atoms with E-state index in [1.807, 2.05) is 4.90 Å². The quantitative estimate of drug-likeness (QED) is 0.730. The van der Waals surface area contributed by atoms with Gasteiger partial charge in [0.15, 0.2) is 0 Å². The van der Waals surface area contributed by atoms with Crippen LogP contribution in [-0.2, 0) is 0 Å². The molecule has 0 atom stereocenters. The van der Waals surface area contributed by atoms with Gasteiger partial charge in [-0.3, -0.25) is 4.79 Å². The zero-order valence-electron chi connectivity index (χ0n) is 9.16. The Hall–Kier alpha value is -1.45. The van der Waals surface area contributed by atoms with Crippen molar-refractivity contribution in [2.45, 2.75) is 25.7 Å². The lowest BCUT2D eigenvalue weighted by Gasteiger charge is -2.19. The first kappa shape index (κ1) is 11.0. The van der Waals surface area contributed by atoms with E-state index in [1.165, 1.54) is 25.0 Å². The van der Waals surface area contributed by atoms with Crippen LogP contribution in [0.2, 0.25) is 0 Å². The number of rotatable bonds is 1. The molecular formula is C12H15FN2O. The summed E-state index contributed by atoms with van der Waals surface area (Å²) in [7, 11) is 0. The summed E-state index contributed by atoms with van der Waals surface area (Å²) in [4.78, 5) is 17.6. The number of aromatic nitrogens is 1. The van der Waals surface area contributed by atoms with E-state index >= 15 is 0 Å². The normalized spacial score (nSPS) is 16.9. The van der Waals surface area contributed by atoms with Crippen LogP contribution in [0.1, 0.15) is 36.2 Å². The van der Waals surface area contributed by atoms with Crippen LogP contribution >= 0.6 is 0 Å². The van der Waals surface area contributed by atoms with Crippen LogP contribution in [-0.4, -0.2) is 28.9 Å². The van der Waals surface area contributed by atoms with Crippen molar-refractivity contribution < 1.29 is 9.18 Å².